The maximum absolute atomic E-state index is 13.1. The molecule has 0 aliphatic carbocycles. The van der Waals surface area contributed by atoms with Crippen molar-refractivity contribution < 1.29 is 9.18 Å². The van der Waals surface area contributed by atoms with Crippen LogP contribution in [0.1, 0.15) is 6.42 Å². The topological polar surface area (TPSA) is 29.1 Å². The summed E-state index contributed by atoms with van der Waals surface area (Å²) < 4.78 is 13.1. The van der Waals surface area contributed by atoms with Gasteiger partial charge in [0.15, 0.2) is 0 Å². The lowest BCUT2D eigenvalue weighted by Crippen LogP contribution is -2.10. The summed E-state index contributed by atoms with van der Waals surface area (Å²) in [6.07, 6.45) is 0.443. The second-order valence-corrected chi connectivity index (χ2v) is 4.45. The smallest absolute Gasteiger partial charge is 0.225 e. The van der Waals surface area contributed by atoms with Crippen molar-refractivity contribution in [2.24, 2.45) is 0 Å². The number of rotatable bonds is 0. The molecule has 0 fully saturated rings. The minimum atomic E-state index is -0.450. The first-order valence-corrected chi connectivity index (χ1v) is 5.45. The van der Waals surface area contributed by atoms with Crippen LogP contribution in [0, 0.1) is 5.82 Å². The number of nitrogens with one attached hydrogen (secondary N) is 1. The van der Waals surface area contributed by atoms with E-state index in [1.165, 1.54) is 23.9 Å². The van der Waals surface area contributed by atoms with Crippen molar-refractivity contribution in [3.63, 3.8) is 0 Å². The molecule has 0 saturated carbocycles. The van der Waals surface area contributed by atoms with Crippen molar-refractivity contribution in [3.05, 3.63) is 23.0 Å². The van der Waals surface area contributed by atoms with Crippen LogP contribution in [0.2, 0.25) is 5.02 Å². The van der Waals surface area contributed by atoms with E-state index in [1.54, 1.807) is 0 Å². The van der Waals surface area contributed by atoms with Crippen molar-refractivity contribution in [1.29, 1.82) is 0 Å². The Kier molecular flexibility index (Phi) is 2.65. The number of hydrogen-bond donors (Lipinski definition) is 1. The van der Waals surface area contributed by atoms with Gasteiger partial charge in [0.05, 0.1) is 10.7 Å². The van der Waals surface area contributed by atoms with Crippen molar-refractivity contribution in [1.82, 2.24) is 0 Å². The molecule has 1 heterocycles. The number of carbonyl (C=O) groups is 1. The van der Waals surface area contributed by atoms with Gasteiger partial charge >= 0.3 is 0 Å². The SMILES string of the molecule is O=C1CCSc2cc(F)c(Cl)cc2N1. The first-order chi connectivity index (χ1) is 6.66. The fourth-order valence-electron chi connectivity index (χ4n) is 1.21. The quantitative estimate of drug-likeness (QED) is 0.744. The highest BCUT2D eigenvalue weighted by Gasteiger charge is 2.15. The van der Waals surface area contributed by atoms with Crippen molar-refractivity contribution in [2.75, 3.05) is 11.1 Å². The van der Waals surface area contributed by atoms with Crippen molar-refractivity contribution in [3.8, 4) is 0 Å². The van der Waals surface area contributed by atoms with Gasteiger partial charge in [-0.25, -0.2) is 4.39 Å². The lowest BCUT2D eigenvalue weighted by atomic mass is 10.3. The monoisotopic (exact) mass is 231 g/mol. The molecule has 0 radical (unpaired) electrons. The molecule has 1 aliphatic heterocycles. The Morgan fingerprint density at radius 2 is 2.29 bits per heavy atom. The third-order valence-corrected chi connectivity index (χ3v) is 3.23. The standard InChI is InChI=1S/C9H7ClFNOS/c10-5-3-7-8(4-6(5)11)14-2-1-9(13)12-7/h3-4H,1-2H2,(H,12,13). The molecule has 0 aromatic heterocycles. The van der Waals surface area contributed by atoms with E-state index in [0.717, 1.165) is 4.90 Å². The van der Waals surface area contributed by atoms with Crippen LogP contribution in [0.3, 0.4) is 0 Å². The number of thioether (sulfide) groups is 1. The Balaban J connectivity index is 2.46. The summed E-state index contributed by atoms with van der Waals surface area (Å²) in [4.78, 5) is 11.9. The van der Waals surface area contributed by atoms with E-state index < -0.39 is 5.82 Å². The molecule has 1 amide bonds. The molecule has 2 nitrogen and oxygen atoms in total. The second kappa shape index (κ2) is 3.79. The second-order valence-electron chi connectivity index (χ2n) is 2.91. The summed E-state index contributed by atoms with van der Waals surface area (Å²) in [7, 11) is 0. The number of hydrogen-bond acceptors (Lipinski definition) is 2. The van der Waals surface area contributed by atoms with Gasteiger partial charge in [0, 0.05) is 17.1 Å². The summed E-state index contributed by atoms with van der Waals surface area (Å²) in [6.45, 7) is 0. The van der Waals surface area contributed by atoms with Crippen LogP contribution in [0.25, 0.3) is 0 Å². The summed E-state index contributed by atoms with van der Waals surface area (Å²) in [5.41, 5.74) is 0.601. The van der Waals surface area contributed by atoms with E-state index in [1.807, 2.05) is 0 Å². The van der Waals surface area contributed by atoms with Crippen LogP contribution in [0.5, 0.6) is 0 Å². The summed E-state index contributed by atoms with van der Waals surface area (Å²) in [5.74, 6) is 0.160. The Morgan fingerprint density at radius 1 is 1.50 bits per heavy atom. The summed E-state index contributed by atoms with van der Waals surface area (Å²) in [6, 6.07) is 2.80. The zero-order valence-corrected chi connectivity index (χ0v) is 8.71. The van der Waals surface area contributed by atoms with Crippen LogP contribution in [-0.2, 0) is 4.79 Å². The van der Waals surface area contributed by atoms with Gasteiger partial charge in [0.25, 0.3) is 0 Å². The van der Waals surface area contributed by atoms with Crippen LogP contribution in [0.4, 0.5) is 10.1 Å². The van der Waals surface area contributed by atoms with E-state index in [0.29, 0.717) is 17.9 Å². The van der Waals surface area contributed by atoms with Crippen LogP contribution in [0.15, 0.2) is 17.0 Å². The molecule has 14 heavy (non-hydrogen) atoms. The van der Waals surface area contributed by atoms with E-state index >= 15 is 0 Å². The predicted octanol–water partition coefficient (Wildman–Crippen LogP) is 2.91. The Bertz CT molecular complexity index is 397. The number of halogens is 2. The normalized spacial score (nSPS) is 15.7. The van der Waals surface area contributed by atoms with Crippen LogP contribution < -0.4 is 5.32 Å². The maximum atomic E-state index is 13.1. The highest BCUT2D eigenvalue weighted by Crippen LogP contribution is 2.34. The number of benzene rings is 1. The molecule has 0 atom stereocenters. The Morgan fingerprint density at radius 3 is 3.07 bits per heavy atom. The predicted molar refractivity (Wildman–Crippen MR) is 55.4 cm³/mol. The zero-order valence-electron chi connectivity index (χ0n) is 7.14. The third kappa shape index (κ3) is 1.86. The third-order valence-electron chi connectivity index (χ3n) is 1.88. The highest BCUT2D eigenvalue weighted by molar-refractivity contribution is 7.99. The van der Waals surface area contributed by atoms with E-state index in [2.05, 4.69) is 5.32 Å². The number of anilines is 1. The molecule has 2 rings (SSSR count). The Hall–Kier alpha value is -0.740. The van der Waals surface area contributed by atoms with E-state index in [-0.39, 0.29) is 10.9 Å². The molecule has 0 spiro atoms. The lowest BCUT2D eigenvalue weighted by molar-refractivity contribution is -0.115. The fourth-order valence-corrected chi connectivity index (χ4v) is 2.34. The average molecular weight is 232 g/mol. The largest absolute Gasteiger partial charge is 0.325 e. The number of fused-ring (bicyclic) bond motifs is 1. The Labute approximate surface area is 89.8 Å². The average Bonchev–Trinajstić information content (AvgIpc) is 2.28. The van der Waals surface area contributed by atoms with Gasteiger partial charge in [0.1, 0.15) is 5.82 Å². The van der Waals surface area contributed by atoms with Crippen molar-refractivity contribution in [2.45, 2.75) is 11.3 Å². The van der Waals surface area contributed by atoms with Gasteiger partial charge in [-0.2, -0.15) is 0 Å². The lowest BCUT2D eigenvalue weighted by Gasteiger charge is -2.06. The molecule has 74 valence electrons. The van der Waals surface area contributed by atoms with Gasteiger partial charge in [-0.15, -0.1) is 11.8 Å². The van der Waals surface area contributed by atoms with Crippen LogP contribution in [-0.4, -0.2) is 11.7 Å². The number of carbonyl (C=O) groups excluding carboxylic acids is 1. The molecule has 0 bridgehead atoms. The molecule has 1 N–H and O–H groups in total. The van der Waals surface area contributed by atoms with E-state index in [9.17, 15) is 9.18 Å². The first kappa shape index (κ1) is 9.80. The van der Waals surface area contributed by atoms with Gasteiger partial charge in [-0.3, -0.25) is 4.79 Å². The van der Waals surface area contributed by atoms with Crippen LogP contribution >= 0.6 is 23.4 Å². The molecule has 1 aliphatic rings. The molecule has 1 aromatic rings. The highest BCUT2D eigenvalue weighted by atomic mass is 35.5. The minimum absolute atomic E-state index is 0.0338. The molecule has 0 saturated heterocycles. The summed E-state index contributed by atoms with van der Waals surface area (Å²) >= 11 is 7.07. The van der Waals surface area contributed by atoms with Gasteiger partial charge in [-0.05, 0) is 12.1 Å². The number of amides is 1. The molecule has 0 unspecified atom stereocenters. The van der Waals surface area contributed by atoms with Gasteiger partial charge in [0.2, 0.25) is 5.91 Å². The van der Waals surface area contributed by atoms with E-state index in [4.69, 9.17) is 11.6 Å². The summed E-state index contributed by atoms with van der Waals surface area (Å²) in [5, 5.41) is 2.71. The first-order valence-electron chi connectivity index (χ1n) is 4.08. The minimum Gasteiger partial charge on any atom is -0.325 e. The van der Waals surface area contributed by atoms with Gasteiger partial charge < -0.3 is 5.32 Å². The fraction of sp³-hybridized carbons (Fsp3) is 0.222. The maximum Gasteiger partial charge on any atom is 0.225 e. The van der Waals surface area contributed by atoms with Crippen molar-refractivity contribution >= 4 is 35.0 Å². The molecular formula is C9H7ClFNOS. The zero-order chi connectivity index (χ0) is 10.1. The van der Waals surface area contributed by atoms with Gasteiger partial charge in [-0.1, -0.05) is 11.6 Å². The molecular weight excluding hydrogens is 225 g/mol. The molecule has 5 heteroatoms. The molecule has 1 aromatic carbocycles.